The fourth-order valence-electron chi connectivity index (χ4n) is 2.92. The number of benzene rings is 3. The molecule has 0 spiro atoms. The van der Waals surface area contributed by atoms with Crippen LogP contribution in [-0.2, 0) is 11.3 Å². The lowest BCUT2D eigenvalue weighted by Crippen LogP contribution is -2.28. The van der Waals surface area contributed by atoms with Crippen molar-refractivity contribution in [2.45, 2.75) is 13.5 Å². The summed E-state index contributed by atoms with van der Waals surface area (Å²) in [5, 5.41) is 0.508. The van der Waals surface area contributed by atoms with Crippen molar-refractivity contribution in [3.8, 4) is 23.0 Å². The Labute approximate surface area is 175 Å². The maximum absolute atomic E-state index is 12.5. The smallest absolute Gasteiger partial charge is 0.224 e. The lowest BCUT2D eigenvalue weighted by Gasteiger charge is -2.25. The second-order valence-corrected chi connectivity index (χ2v) is 6.75. The Hall–Kier alpha value is -3.18. The summed E-state index contributed by atoms with van der Waals surface area (Å²) >= 11 is 6.23. The number of para-hydroxylation sites is 1. The highest BCUT2D eigenvalue weighted by Gasteiger charge is 2.20. The topological polar surface area (TPSA) is 48.0 Å². The molecule has 0 aromatic heterocycles. The van der Waals surface area contributed by atoms with Gasteiger partial charge in [-0.25, -0.2) is 0 Å². The number of amides is 1. The van der Waals surface area contributed by atoms with Crippen LogP contribution in [0.5, 0.6) is 23.0 Å². The van der Waals surface area contributed by atoms with Crippen LogP contribution < -0.4 is 19.1 Å². The zero-order chi connectivity index (χ0) is 20.8. The van der Waals surface area contributed by atoms with Gasteiger partial charge in [0.1, 0.15) is 17.2 Å². The van der Waals surface area contributed by atoms with E-state index in [9.17, 15) is 4.79 Å². The van der Waals surface area contributed by atoms with E-state index in [0.717, 1.165) is 5.56 Å². The predicted octanol–water partition coefficient (Wildman–Crippen LogP) is 5.70. The summed E-state index contributed by atoms with van der Waals surface area (Å²) in [6.07, 6.45) is 0. The SMILES string of the molecule is COc1ccc(CN(C(C)=O)c2cc(Cl)ccc2Oc2ccccc2)c(OC)c1. The van der Waals surface area contributed by atoms with Crippen molar-refractivity contribution in [1.29, 1.82) is 0 Å². The van der Waals surface area contributed by atoms with Crippen LogP contribution in [0.4, 0.5) is 5.69 Å². The van der Waals surface area contributed by atoms with Gasteiger partial charge in [0, 0.05) is 23.6 Å². The molecule has 0 heterocycles. The van der Waals surface area contributed by atoms with E-state index >= 15 is 0 Å². The third kappa shape index (κ3) is 5.00. The fraction of sp³-hybridized carbons (Fsp3) is 0.174. The van der Waals surface area contributed by atoms with E-state index in [1.807, 2.05) is 42.5 Å². The highest BCUT2D eigenvalue weighted by Crippen LogP contribution is 2.37. The molecule has 0 fully saturated rings. The van der Waals surface area contributed by atoms with E-state index in [-0.39, 0.29) is 12.5 Å². The van der Waals surface area contributed by atoms with Gasteiger partial charge < -0.3 is 19.1 Å². The second kappa shape index (κ2) is 9.34. The van der Waals surface area contributed by atoms with Crippen LogP contribution in [-0.4, -0.2) is 20.1 Å². The van der Waals surface area contributed by atoms with Gasteiger partial charge in [0.25, 0.3) is 0 Å². The number of ether oxygens (including phenoxy) is 3. The maximum atomic E-state index is 12.5. The quantitative estimate of drug-likeness (QED) is 0.500. The molecule has 0 aliphatic heterocycles. The summed E-state index contributed by atoms with van der Waals surface area (Å²) in [4.78, 5) is 14.2. The minimum absolute atomic E-state index is 0.150. The summed E-state index contributed by atoms with van der Waals surface area (Å²) in [6, 6.07) is 20.1. The Morgan fingerprint density at radius 3 is 2.31 bits per heavy atom. The van der Waals surface area contributed by atoms with Crippen LogP contribution in [0.3, 0.4) is 0 Å². The number of carbonyl (C=O) groups is 1. The van der Waals surface area contributed by atoms with Gasteiger partial charge in [-0.15, -0.1) is 0 Å². The monoisotopic (exact) mass is 411 g/mol. The molecule has 0 saturated heterocycles. The second-order valence-electron chi connectivity index (χ2n) is 6.31. The first kappa shape index (κ1) is 20.6. The van der Waals surface area contributed by atoms with Crippen LogP contribution in [0.2, 0.25) is 5.02 Å². The van der Waals surface area contributed by atoms with Gasteiger partial charge >= 0.3 is 0 Å². The molecule has 0 unspecified atom stereocenters. The standard InChI is InChI=1S/C23H22ClNO4/c1-16(26)25(15-17-9-11-20(27-2)14-23(17)28-3)21-13-18(24)10-12-22(21)29-19-7-5-4-6-8-19/h4-14H,15H2,1-3H3. The Morgan fingerprint density at radius 2 is 1.66 bits per heavy atom. The molecule has 3 rings (SSSR count). The van der Waals surface area contributed by atoms with E-state index < -0.39 is 0 Å². The summed E-state index contributed by atoms with van der Waals surface area (Å²) < 4.78 is 16.8. The predicted molar refractivity (Wildman–Crippen MR) is 114 cm³/mol. The van der Waals surface area contributed by atoms with Gasteiger partial charge in [0.2, 0.25) is 5.91 Å². The van der Waals surface area contributed by atoms with E-state index in [2.05, 4.69) is 0 Å². The van der Waals surface area contributed by atoms with Gasteiger partial charge in [-0.05, 0) is 42.5 Å². The van der Waals surface area contributed by atoms with Crippen LogP contribution in [0.1, 0.15) is 12.5 Å². The van der Waals surface area contributed by atoms with Crippen molar-refractivity contribution < 1.29 is 19.0 Å². The van der Waals surface area contributed by atoms with Gasteiger partial charge in [-0.3, -0.25) is 4.79 Å². The number of nitrogens with zero attached hydrogens (tertiary/aromatic N) is 1. The van der Waals surface area contributed by atoms with Gasteiger partial charge in [0.05, 0.1) is 26.5 Å². The molecule has 3 aromatic carbocycles. The molecule has 0 atom stereocenters. The van der Waals surface area contributed by atoms with Gasteiger partial charge in [0.15, 0.2) is 5.75 Å². The molecule has 1 amide bonds. The summed E-state index contributed by atoms with van der Waals surface area (Å²) in [7, 11) is 3.18. The van der Waals surface area contributed by atoms with Crippen molar-refractivity contribution in [3.63, 3.8) is 0 Å². The van der Waals surface area contributed by atoms with Gasteiger partial charge in [-0.1, -0.05) is 29.8 Å². The number of halogens is 1. The lowest BCUT2D eigenvalue weighted by atomic mass is 10.1. The highest BCUT2D eigenvalue weighted by molar-refractivity contribution is 6.31. The molecular formula is C23H22ClNO4. The molecule has 0 aliphatic rings. The number of rotatable bonds is 7. The zero-order valence-electron chi connectivity index (χ0n) is 16.5. The average Bonchev–Trinajstić information content (AvgIpc) is 2.74. The molecule has 0 radical (unpaired) electrons. The first-order valence-electron chi connectivity index (χ1n) is 9.03. The fourth-order valence-corrected chi connectivity index (χ4v) is 3.09. The van der Waals surface area contributed by atoms with Crippen molar-refractivity contribution in [3.05, 3.63) is 77.3 Å². The van der Waals surface area contributed by atoms with Crippen LogP contribution in [0.25, 0.3) is 0 Å². The molecule has 6 heteroatoms. The number of methoxy groups -OCH3 is 2. The normalized spacial score (nSPS) is 10.3. The first-order valence-corrected chi connectivity index (χ1v) is 9.41. The molecule has 29 heavy (non-hydrogen) atoms. The number of hydrogen-bond acceptors (Lipinski definition) is 4. The molecule has 0 N–H and O–H groups in total. The molecule has 150 valence electrons. The van der Waals surface area contributed by atoms with Crippen molar-refractivity contribution in [1.82, 2.24) is 0 Å². The third-order valence-corrected chi connectivity index (χ3v) is 4.62. The zero-order valence-corrected chi connectivity index (χ0v) is 17.3. The minimum atomic E-state index is -0.150. The Morgan fingerprint density at radius 1 is 0.897 bits per heavy atom. The van der Waals surface area contributed by atoms with E-state index in [0.29, 0.717) is 33.7 Å². The summed E-state index contributed by atoms with van der Waals surface area (Å²) in [5.41, 5.74) is 1.40. The highest BCUT2D eigenvalue weighted by atomic mass is 35.5. The van der Waals surface area contributed by atoms with E-state index in [4.69, 9.17) is 25.8 Å². The molecule has 0 bridgehead atoms. The van der Waals surface area contributed by atoms with Gasteiger partial charge in [-0.2, -0.15) is 0 Å². The first-order chi connectivity index (χ1) is 14.0. The largest absolute Gasteiger partial charge is 0.497 e. The van der Waals surface area contributed by atoms with Crippen LogP contribution in [0, 0.1) is 0 Å². The minimum Gasteiger partial charge on any atom is -0.497 e. The van der Waals surface area contributed by atoms with Crippen molar-refractivity contribution >= 4 is 23.2 Å². The Bertz CT molecular complexity index is 991. The Balaban J connectivity index is 1.99. The average molecular weight is 412 g/mol. The number of carbonyl (C=O) groups excluding carboxylic acids is 1. The van der Waals surface area contributed by atoms with Crippen LogP contribution >= 0.6 is 11.6 Å². The number of hydrogen-bond donors (Lipinski definition) is 0. The molecule has 5 nitrogen and oxygen atoms in total. The molecule has 3 aromatic rings. The lowest BCUT2D eigenvalue weighted by molar-refractivity contribution is -0.116. The Kier molecular flexibility index (Phi) is 6.62. The van der Waals surface area contributed by atoms with Crippen molar-refractivity contribution in [2.75, 3.05) is 19.1 Å². The van der Waals surface area contributed by atoms with E-state index in [1.165, 1.54) is 6.92 Å². The number of anilines is 1. The van der Waals surface area contributed by atoms with Crippen molar-refractivity contribution in [2.24, 2.45) is 0 Å². The molecular weight excluding hydrogens is 390 g/mol. The van der Waals surface area contributed by atoms with Crippen LogP contribution in [0.15, 0.2) is 66.7 Å². The van der Waals surface area contributed by atoms with E-state index in [1.54, 1.807) is 43.4 Å². The summed E-state index contributed by atoms with van der Waals surface area (Å²) in [6.45, 7) is 1.79. The molecule has 0 aliphatic carbocycles. The third-order valence-electron chi connectivity index (χ3n) is 4.39. The summed E-state index contributed by atoms with van der Waals surface area (Å²) in [5.74, 6) is 2.35. The maximum Gasteiger partial charge on any atom is 0.224 e. The molecule has 0 saturated carbocycles.